The molecule has 1 saturated heterocycles. The molecule has 158 valence electrons. The summed E-state index contributed by atoms with van der Waals surface area (Å²) in [5, 5.41) is 4.21. The van der Waals surface area contributed by atoms with Crippen LogP contribution in [0.5, 0.6) is 0 Å². The fourth-order valence-electron chi connectivity index (χ4n) is 3.69. The fourth-order valence-corrected chi connectivity index (χ4v) is 5.32. The number of hydrogen-bond donors (Lipinski definition) is 1. The molecule has 0 amide bonds. The van der Waals surface area contributed by atoms with E-state index in [1.165, 1.54) is 0 Å². The number of aliphatic imine (C=N–C) groups is 1. The third-order valence-corrected chi connectivity index (χ3v) is 8.40. The van der Waals surface area contributed by atoms with Crippen LogP contribution >= 0.6 is 11.6 Å². The van der Waals surface area contributed by atoms with Gasteiger partial charge in [-0.05, 0) is 38.6 Å². The third kappa shape index (κ3) is 4.99. The van der Waals surface area contributed by atoms with Crippen LogP contribution in [-0.2, 0) is 9.84 Å². The van der Waals surface area contributed by atoms with Crippen molar-refractivity contribution >= 4 is 27.4 Å². The summed E-state index contributed by atoms with van der Waals surface area (Å²) in [7, 11) is -1.35. The minimum Gasteiger partial charge on any atom is -0.354 e. The zero-order chi connectivity index (χ0) is 20.9. The first kappa shape index (κ1) is 23.0. The van der Waals surface area contributed by atoms with Crippen molar-refractivity contribution in [1.82, 2.24) is 15.1 Å². The van der Waals surface area contributed by atoms with Gasteiger partial charge in [-0.1, -0.05) is 43.6 Å². The summed E-state index contributed by atoms with van der Waals surface area (Å²) in [5.74, 6) is 0.872. The Bertz CT molecular complexity index is 791. The van der Waals surface area contributed by atoms with Gasteiger partial charge >= 0.3 is 0 Å². The molecule has 1 N–H and O–H groups in total. The van der Waals surface area contributed by atoms with Gasteiger partial charge in [-0.25, -0.2) is 8.42 Å². The smallest absolute Gasteiger partial charge is 0.193 e. The molecule has 0 spiro atoms. The van der Waals surface area contributed by atoms with Gasteiger partial charge in [-0.2, -0.15) is 0 Å². The number of halogens is 1. The molecule has 6 nitrogen and oxygen atoms in total. The molecule has 0 saturated carbocycles. The zero-order valence-electron chi connectivity index (χ0n) is 17.6. The number of hydrogen-bond acceptors (Lipinski definition) is 4. The number of likely N-dealkylation sites (N-methyl/N-ethyl adjacent to an activating group) is 1. The van der Waals surface area contributed by atoms with E-state index in [2.05, 4.69) is 35.1 Å². The predicted octanol–water partition coefficient (Wildman–Crippen LogP) is 2.81. The number of nitrogens with one attached hydrogen (secondary N) is 1. The topological polar surface area (TPSA) is 65.0 Å². The largest absolute Gasteiger partial charge is 0.354 e. The monoisotopic (exact) mass is 428 g/mol. The van der Waals surface area contributed by atoms with Crippen molar-refractivity contribution in [3.63, 3.8) is 0 Å². The summed E-state index contributed by atoms with van der Waals surface area (Å²) in [6.45, 7) is 11.2. The fraction of sp³-hybridized carbons (Fsp3) is 0.650. The molecule has 1 unspecified atom stereocenters. The average Bonchev–Trinajstić information content (AvgIpc) is 2.65. The molecule has 0 aromatic heterocycles. The normalized spacial score (nSPS) is 20.2. The molecule has 1 aliphatic heterocycles. The molecular formula is C20H33ClN4O2S. The van der Waals surface area contributed by atoms with Gasteiger partial charge in [0.25, 0.3) is 0 Å². The second-order valence-corrected chi connectivity index (χ2v) is 10.8. The number of nitrogens with zero attached hydrogens (tertiary/aromatic N) is 3. The molecule has 0 radical (unpaired) electrons. The van der Waals surface area contributed by atoms with Crippen LogP contribution < -0.4 is 5.32 Å². The van der Waals surface area contributed by atoms with Crippen molar-refractivity contribution < 1.29 is 8.42 Å². The summed E-state index contributed by atoms with van der Waals surface area (Å²) in [5.41, 5.74) is 1.08. The molecule has 1 atom stereocenters. The van der Waals surface area contributed by atoms with E-state index >= 15 is 0 Å². The molecule has 1 heterocycles. The zero-order valence-corrected chi connectivity index (χ0v) is 19.1. The van der Waals surface area contributed by atoms with Crippen molar-refractivity contribution in [2.24, 2.45) is 4.99 Å². The van der Waals surface area contributed by atoms with Crippen molar-refractivity contribution in [3.05, 3.63) is 34.9 Å². The van der Waals surface area contributed by atoms with Crippen LogP contribution in [0.15, 0.2) is 29.3 Å². The predicted molar refractivity (Wildman–Crippen MR) is 118 cm³/mol. The highest BCUT2D eigenvalue weighted by Crippen LogP contribution is 2.27. The Morgan fingerprint density at radius 3 is 2.50 bits per heavy atom. The van der Waals surface area contributed by atoms with E-state index < -0.39 is 14.6 Å². The summed E-state index contributed by atoms with van der Waals surface area (Å²) >= 11 is 6.48. The Morgan fingerprint density at radius 2 is 1.96 bits per heavy atom. The summed E-state index contributed by atoms with van der Waals surface area (Å²) in [4.78, 5) is 8.80. The van der Waals surface area contributed by atoms with Gasteiger partial charge in [-0.15, -0.1) is 0 Å². The first-order valence-electron chi connectivity index (χ1n) is 9.83. The minimum atomic E-state index is -3.09. The van der Waals surface area contributed by atoms with Crippen LogP contribution in [0.3, 0.4) is 0 Å². The van der Waals surface area contributed by atoms with Crippen LogP contribution in [-0.4, -0.2) is 74.4 Å². The molecule has 8 heteroatoms. The number of guanidine groups is 1. The van der Waals surface area contributed by atoms with Crippen molar-refractivity contribution in [2.45, 2.75) is 38.5 Å². The van der Waals surface area contributed by atoms with E-state index in [4.69, 9.17) is 11.6 Å². The van der Waals surface area contributed by atoms with E-state index in [-0.39, 0.29) is 11.8 Å². The number of benzene rings is 1. The van der Waals surface area contributed by atoms with Gasteiger partial charge in [0.1, 0.15) is 0 Å². The Labute approximate surface area is 174 Å². The van der Waals surface area contributed by atoms with E-state index in [1.807, 2.05) is 23.1 Å². The Balaban J connectivity index is 2.18. The second-order valence-electron chi connectivity index (χ2n) is 7.69. The number of sulfone groups is 1. The van der Waals surface area contributed by atoms with Gasteiger partial charge in [0.2, 0.25) is 0 Å². The van der Waals surface area contributed by atoms with E-state index in [1.54, 1.807) is 20.9 Å². The molecule has 0 bridgehead atoms. The molecule has 1 aromatic carbocycles. The van der Waals surface area contributed by atoms with E-state index in [9.17, 15) is 8.42 Å². The van der Waals surface area contributed by atoms with Crippen molar-refractivity contribution in [1.29, 1.82) is 0 Å². The lowest BCUT2D eigenvalue weighted by Crippen LogP contribution is -2.57. The second kappa shape index (κ2) is 9.46. The van der Waals surface area contributed by atoms with E-state index in [0.717, 1.165) is 29.6 Å². The molecule has 0 aliphatic carbocycles. The highest BCUT2D eigenvalue weighted by Gasteiger charge is 2.41. The lowest BCUT2D eigenvalue weighted by atomic mass is 10.0. The summed E-state index contributed by atoms with van der Waals surface area (Å²) < 4.78 is 23.8. The Morgan fingerprint density at radius 1 is 1.32 bits per heavy atom. The van der Waals surface area contributed by atoms with Gasteiger partial charge in [0, 0.05) is 31.7 Å². The maximum absolute atomic E-state index is 12.3. The SMILES string of the molecule is CCN(CC)C(CNC(=NC)N1CCS(=O)(=O)C(C)(C)C1)c1ccccc1Cl. The minimum absolute atomic E-state index is 0.0991. The van der Waals surface area contributed by atoms with E-state index in [0.29, 0.717) is 19.6 Å². The Hall–Kier alpha value is -1.31. The summed E-state index contributed by atoms with van der Waals surface area (Å²) in [6.07, 6.45) is 0. The van der Waals surface area contributed by atoms with Crippen molar-refractivity contribution in [2.75, 3.05) is 45.5 Å². The van der Waals surface area contributed by atoms with Crippen LogP contribution in [0.2, 0.25) is 5.02 Å². The third-order valence-electron chi connectivity index (χ3n) is 5.53. The summed E-state index contributed by atoms with van der Waals surface area (Å²) in [6, 6.07) is 8.02. The molecule has 2 rings (SSSR count). The standard InChI is InChI=1S/C20H33ClN4O2S/c1-6-24(7-2)18(16-10-8-9-11-17(16)21)14-23-19(22-5)25-12-13-28(26,27)20(3,4)15-25/h8-11,18H,6-7,12-15H2,1-5H3,(H,22,23). The lowest BCUT2D eigenvalue weighted by Gasteiger charge is -2.40. The first-order valence-corrected chi connectivity index (χ1v) is 11.9. The number of rotatable bonds is 6. The van der Waals surface area contributed by atoms with Crippen LogP contribution in [0.25, 0.3) is 0 Å². The van der Waals surface area contributed by atoms with Gasteiger partial charge in [0.15, 0.2) is 15.8 Å². The molecular weight excluding hydrogens is 396 g/mol. The van der Waals surface area contributed by atoms with Crippen LogP contribution in [0.4, 0.5) is 0 Å². The first-order chi connectivity index (χ1) is 13.2. The molecule has 1 aliphatic rings. The molecule has 1 aromatic rings. The average molecular weight is 429 g/mol. The maximum atomic E-state index is 12.3. The van der Waals surface area contributed by atoms with Gasteiger partial charge in [0.05, 0.1) is 16.5 Å². The van der Waals surface area contributed by atoms with Gasteiger partial charge < -0.3 is 10.2 Å². The van der Waals surface area contributed by atoms with Crippen molar-refractivity contribution in [3.8, 4) is 0 Å². The molecule has 1 fully saturated rings. The lowest BCUT2D eigenvalue weighted by molar-refractivity contribution is 0.217. The van der Waals surface area contributed by atoms with Crippen LogP contribution in [0.1, 0.15) is 39.3 Å². The highest BCUT2D eigenvalue weighted by molar-refractivity contribution is 7.92. The molecule has 28 heavy (non-hydrogen) atoms. The maximum Gasteiger partial charge on any atom is 0.193 e. The Kier molecular flexibility index (Phi) is 7.76. The van der Waals surface area contributed by atoms with Gasteiger partial charge in [-0.3, -0.25) is 9.89 Å². The highest BCUT2D eigenvalue weighted by atomic mass is 35.5. The quantitative estimate of drug-likeness (QED) is 0.557. The van der Waals surface area contributed by atoms with Crippen LogP contribution in [0, 0.1) is 0 Å².